The van der Waals surface area contributed by atoms with E-state index in [2.05, 4.69) is 10.2 Å². The molecule has 2 heterocycles. The van der Waals surface area contributed by atoms with Gasteiger partial charge in [0.15, 0.2) is 17.5 Å². The second-order valence-electron chi connectivity index (χ2n) is 6.90. The molecule has 0 unspecified atom stereocenters. The van der Waals surface area contributed by atoms with Gasteiger partial charge in [-0.05, 0) is 18.1 Å². The number of fused-ring (bicyclic) bond motifs is 1. The highest BCUT2D eigenvalue weighted by atomic mass is 31.2. The molecule has 1 aliphatic rings. The second kappa shape index (κ2) is 11.2. The second-order valence-corrected chi connectivity index (χ2v) is 7.84. The number of benzene rings is 1. The molecule has 11 nitrogen and oxygen atoms in total. The lowest BCUT2D eigenvalue weighted by molar-refractivity contribution is -0.337. The van der Waals surface area contributed by atoms with Crippen LogP contribution in [0.3, 0.4) is 0 Å². The zero-order valence-corrected chi connectivity index (χ0v) is 18.3. The maximum atomic E-state index is 13.7. The molecular weight excluding hydrogens is 501 g/mol. The number of alkyl halides is 3. The van der Waals surface area contributed by atoms with Gasteiger partial charge < -0.3 is 40.6 Å². The number of quaternary nitrogens is 1. The van der Waals surface area contributed by atoms with Crippen molar-refractivity contribution in [2.24, 2.45) is 5.73 Å². The Bertz CT molecular complexity index is 1050. The lowest BCUT2D eigenvalue weighted by atomic mass is 10.0. The number of nitrogens with zero attached hydrogens (tertiary/aromatic N) is 4. The fourth-order valence-electron chi connectivity index (χ4n) is 3.01. The van der Waals surface area contributed by atoms with Gasteiger partial charge in [-0.2, -0.15) is 13.2 Å². The molecule has 0 saturated heterocycles. The van der Waals surface area contributed by atoms with E-state index in [4.69, 9.17) is 25.0 Å². The molecule has 18 heteroatoms. The van der Waals surface area contributed by atoms with Crippen molar-refractivity contribution in [1.29, 1.82) is 0 Å². The minimum atomic E-state index is -5.14. The SMILES string of the molecule is N[C@@H](CC(=O)N1CCn2c(nnc2C(F)(F)F)C1)Cc1cc(F)c(F)cc1F.O=P([O-])([O-])O.[NH4+]. The molecule has 192 valence electrons. The number of hydrogen-bond acceptors (Lipinski definition) is 7. The summed E-state index contributed by atoms with van der Waals surface area (Å²) in [4.78, 5) is 37.9. The summed E-state index contributed by atoms with van der Waals surface area (Å²) in [7, 11) is -5.14. The molecule has 0 saturated carbocycles. The maximum Gasteiger partial charge on any atom is 0.451 e. The molecule has 3 rings (SSSR count). The summed E-state index contributed by atoms with van der Waals surface area (Å²) in [6, 6.07) is 0.184. The lowest BCUT2D eigenvalue weighted by Gasteiger charge is -2.29. The standard InChI is InChI=1S/C16H15F6N5O.H3N.H3O4P/c17-10-6-12(19)11(18)4-8(10)3-9(23)5-14(28)26-1-2-27-13(7-26)24-25-15(27)16(20,21)22;;1-5(2,3)4/h4,6,9H,1-3,5,7,23H2;1H3;(H3,1,2,3,4)/p-1/t9-;;/m1../s1. The number of carbonyl (C=O) groups is 1. The van der Waals surface area contributed by atoms with Crippen LogP contribution < -0.4 is 21.7 Å². The first-order valence-corrected chi connectivity index (χ1v) is 10.5. The number of rotatable bonds is 4. The van der Waals surface area contributed by atoms with E-state index in [9.17, 15) is 31.1 Å². The Kier molecular flexibility index (Phi) is 9.75. The summed E-state index contributed by atoms with van der Waals surface area (Å²) in [5.41, 5.74) is 5.64. The van der Waals surface area contributed by atoms with Crippen molar-refractivity contribution < 1.29 is 50.4 Å². The zero-order valence-electron chi connectivity index (χ0n) is 17.4. The van der Waals surface area contributed by atoms with Crippen LogP contribution in [0.5, 0.6) is 0 Å². The fourth-order valence-corrected chi connectivity index (χ4v) is 3.01. The molecule has 0 radical (unpaired) electrons. The number of amides is 1. The average molecular weight is 521 g/mol. The number of hydrogen-bond donors (Lipinski definition) is 3. The third kappa shape index (κ3) is 8.34. The molecule has 1 atom stereocenters. The van der Waals surface area contributed by atoms with Gasteiger partial charge in [0.1, 0.15) is 5.82 Å². The van der Waals surface area contributed by atoms with E-state index < -0.39 is 49.2 Å². The minimum Gasteiger partial charge on any atom is -0.790 e. The number of carbonyl (C=O) groups excluding carboxylic acids is 1. The quantitative estimate of drug-likeness (QED) is 0.288. The van der Waals surface area contributed by atoms with Gasteiger partial charge in [-0.25, -0.2) is 13.2 Å². The van der Waals surface area contributed by atoms with Gasteiger partial charge in [0.25, 0.3) is 0 Å². The maximum absolute atomic E-state index is 13.7. The van der Waals surface area contributed by atoms with Crippen molar-refractivity contribution in [2.45, 2.75) is 38.1 Å². The molecule has 7 N–H and O–H groups in total. The number of aromatic nitrogens is 3. The smallest absolute Gasteiger partial charge is 0.451 e. The molecule has 0 spiro atoms. The summed E-state index contributed by atoms with van der Waals surface area (Å²) >= 11 is 0. The third-order valence-corrected chi connectivity index (χ3v) is 4.37. The van der Waals surface area contributed by atoms with Crippen LogP contribution in [-0.4, -0.2) is 43.1 Å². The van der Waals surface area contributed by atoms with E-state index in [1.165, 1.54) is 4.90 Å². The van der Waals surface area contributed by atoms with E-state index in [0.717, 1.165) is 4.57 Å². The first kappa shape index (κ1) is 29.5. The molecule has 1 amide bonds. The van der Waals surface area contributed by atoms with Gasteiger partial charge in [0.2, 0.25) is 11.7 Å². The Morgan fingerprint density at radius 1 is 1.15 bits per heavy atom. The molecule has 0 bridgehead atoms. The Balaban J connectivity index is 0.000000873. The molecule has 34 heavy (non-hydrogen) atoms. The molecule has 1 aliphatic heterocycles. The van der Waals surface area contributed by atoms with Crippen molar-refractivity contribution in [3.8, 4) is 0 Å². The summed E-state index contributed by atoms with van der Waals surface area (Å²) in [5.74, 6) is -5.15. The Morgan fingerprint density at radius 2 is 1.71 bits per heavy atom. The van der Waals surface area contributed by atoms with Crippen LogP contribution in [0, 0.1) is 17.5 Å². The summed E-state index contributed by atoms with van der Waals surface area (Å²) in [6.07, 6.45) is -5.11. The topological polar surface area (TPSA) is 197 Å². The molecule has 2 aromatic rings. The normalized spacial score (nSPS) is 14.5. The van der Waals surface area contributed by atoms with Gasteiger partial charge in [0.05, 0.1) is 14.4 Å². The van der Waals surface area contributed by atoms with Crippen molar-refractivity contribution in [3.05, 3.63) is 46.8 Å². The predicted octanol–water partition coefficient (Wildman–Crippen LogP) is 0.200. The molecule has 0 fully saturated rings. The predicted molar refractivity (Wildman–Crippen MR) is 98.9 cm³/mol. The van der Waals surface area contributed by atoms with Crippen LogP contribution in [0.4, 0.5) is 26.3 Å². The number of nitrogens with two attached hydrogens (primary N) is 1. The van der Waals surface area contributed by atoms with Crippen LogP contribution in [0.15, 0.2) is 12.1 Å². The van der Waals surface area contributed by atoms with E-state index >= 15 is 0 Å². The van der Waals surface area contributed by atoms with Crippen LogP contribution in [0.25, 0.3) is 0 Å². The molecule has 1 aromatic carbocycles. The minimum absolute atomic E-state index is 0. The molecule has 0 aliphatic carbocycles. The van der Waals surface area contributed by atoms with E-state index in [1.807, 2.05) is 0 Å². The molecular formula is C16H20F6N6O5P-. The number of halogens is 6. The van der Waals surface area contributed by atoms with Crippen molar-refractivity contribution >= 4 is 13.7 Å². The Labute approximate surface area is 188 Å². The van der Waals surface area contributed by atoms with Crippen LogP contribution in [-0.2, 0) is 35.0 Å². The van der Waals surface area contributed by atoms with Gasteiger partial charge in [0, 0.05) is 31.6 Å². The van der Waals surface area contributed by atoms with E-state index in [1.54, 1.807) is 0 Å². The zero-order chi connectivity index (χ0) is 25.1. The monoisotopic (exact) mass is 521 g/mol. The highest BCUT2D eigenvalue weighted by Gasteiger charge is 2.40. The first-order valence-electron chi connectivity index (χ1n) is 8.97. The first-order chi connectivity index (χ1) is 15.1. The number of phosphoric acid groups is 1. The van der Waals surface area contributed by atoms with Gasteiger partial charge in [-0.1, -0.05) is 0 Å². The van der Waals surface area contributed by atoms with Crippen LogP contribution in [0.2, 0.25) is 0 Å². The largest absolute Gasteiger partial charge is 0.790 e. The summed E-state index contributed by atoms with van der Waals surface area (Å²) in [5, 5.41) is 6.60. The highest BCUT2D eigenvalue weighted by molar-refractivity contribution is 7.42. The fraction of sp³-hybridized carbons (Fsp3) is 0.438. The Hall–Kier alpha value is -2.56. The molecule has 1 aromatic heterocycles. The van der Waals surface area contributed by atoms with Crippen LogP contribution in [0.1, 0.15) is 23.6 Å². The van der Waals surface area contributed by atoms with Gasteiger partial charge in [-0.15, -0.1) is 10.2 Å². The van der Waals surface area contributed by atoms with Crippen molar-refractivity contribution in [3.63, 3.8) is 0 Å². The lowest BCUT2D eigenvalue weighted by Crippen LogP contribution is -2.42. The van der Waals surface area contributed by atoms with Crippen molar-refractivity contribution in [2.75, 3.05) is 6.54 Å². The van der Waals surface area contributed by atoms with Gasteiger partial charge in [-0.3, -0.25) is 4.79 Å². The summed E-state index contributed by atoms with van der Waals surface area (Å²) in [6.45, 7) is -0.302. The third-order valence-electron chi connectivity index (χ3n) is 4.37. The Morgan fingerprint density at radius 3 is 2.26 bits per heavy atom. The van der Waals surface area contributed by atoms with Crippen LogP contribution >= 0.6 is 7.82 Å². The summed E-state index contributed by atoms with van der Waals surface area (Å²) < 4.78 is 87.9. The van der Waals surface area contributed by atoms with Gasteiger partial charge >= 0.3 is 6.18 Å². The average Bonchev–Trinajstić information content (AvgIpc) is 3.08. The van der Waals surface area contributed by atoms with Crippen molar-refractivity contribution in [1.82, 2.24) is 25.8 Å². The highest BCUT2D eigenvalue weighted by Crippen LogP contribution is 2.29. The van der Waals surface area contributed by atoms with E-state index in [0.29, 0.717) is 12.1 Å². The van der Waals surface area contributed by atoms with E-state index in [-0.39, 0.29) is 50.0 Å².